The van der Waals surface area contributed by atoms with E-state index in [2.05, 4.69) is 10.3 Å². The highest BCUT2D eigenvalue weighted by Gasteiger charge is 2.17. The van der Waals surface area contributed by atoms with Crippen molar-refractivity contribution < 1.29 is 23.0 Å². The molecule has 0 radical (unpaired) electrons. The summed E-state index contributed by atoms with van der Waals surface area (Å²) in [6.07, 6.45) is -1.23. The first kappa shape index (κ1) is 20.6. The van der Waals surface area contributed by atoms with Gasteiger partial charge in [0.25, 0.3) is 12.3 Å². The van der Waals surface area contributed by atoms with Crippen molar-refractivity contribution in [1.29, 1.82) is 0 Å². The van der Waals surface area contributed by atoms with Crippen molar-refractivity contribution in [3.8, 4) is 11.5 Å². The molecule has 2 rings (SSSR count). The number of alkyl halides is 2. The zero-order valence-corrected chi connectivity index (χ0v) is 15.5. The lowest BCUT2D eigenvalue weighted by atomic mass is 10.1. The van der Waals surface area contributed by atoms with Gasteiger partial charge in [-0.2, -0.15) is 0 Å². The molecule has 0 saturated heterocycles. The molecule has 0 aliphatic heterocycles. The maximum absolute atomic E-state index is 12.4. The number of rotatable bonds is 9. The summed E-state index contributed by atoms with van der Waals surface area (Å²) < 4.78 is 34.6. The van der Waals surface area contributed by atoms with Crippen LogP contribution in [0.3, 0.4) is 0 Å². The molecule has 0 saturated carbocycles. The number of carbonyl (C=O) groups excluding carboxylic acids is 1. The van der Waals surface area contributed by atoms with Crippen LogP contribution in [0.1, 0.15) is 22.1 Å². The number of nitrogens with one attached hydrogen (secondary N) is 1. The Hall–Kier alpha value is -2.74. The molecule has 1 amide bonds. The van der Waals surface area contributed by atoms with Gasteiger partial charge < -0.3 is 19.7 Å². The Morgan fingerprint density at radius 3 is 2.48 bits per heavy atom. The number of hydrogen-bond acceptors (Lipinski definition) is 5. The van der Waals surface area contributed by atoms with Crippen LogP contribution >= 0.6 is 0 Å². The van der Waals surface area contributed by atoms with Crippen LogP contribution in [0.5, 0.6) is 11.5 Å². The second kappa shape index (κ2) is 9.82. The van der Waals surface area contributed by atoms with Gasteiger partial charge in [-0.25, -0.2) is 8.78 Å². The minimum absolute atomic E-state index is 0.0573. The molecule has 0 aliphatic rings. The Labute approximate surface area is 157 Å². The average molecular weight is 379 g/mol. The van der Waals surface area contributed by atoms with Crippen LogP contribution < -0.4 is 14.8 Å². The van der Waals surface area contributed by atoms with Gasteiger partial charge in [-0.1, -0.05) is 12.1 Å². The quantitative estimate of drug-likeness (QED) is 0.726. The Morgan fingerprint density at radius 1 is 1.19 bits per heavy atom. The van der Waals surface area contributed by atoms with Crippen molar-refractivity contribution in [2.45, 2.75) is 12.5 Å². The zero-order chi connectivity index (χ0) is 19.8. The number of aromatic nitrogens is 1. The lowest BCUT2D eigenvalue weighted by Crippen LogP contribution is -2.34. The number of hydrogen-bond donors (Lipinski definition) is 1. The van der Waals surface area contributed by atoms with E-state index in [-0.39, 0.29) is 17.5 Å². The van der Waals surface area contributed by atoms with E-state index in [1.165, 1.54) is 18.3 Å². The third kappa shape index (κ3) is 6.18. The van der Waals surface area contributed by atoms with Crippen molar-refractivity contribution in [3.05, 3.63) is 53.9 Å². The molecule has 0 bridgehead atoms. The fraction of sp³-hybridized carbons (Fsp3) is 0.368. The molecule has 1 aromatic heterocycles. The number of ether oxygens (including phenoxy) is 2. The lowest BCUT2D eigenvalue weighted by Gasteiger charge is -2.25. The minimum Gasteiger partial charge on any atom is -0.497 e. The molecule has 1 heterocycles. The van der Waals surface area contributed by atoms with Crippen molar-refractivity contribution in [2.24, 2.45) is 0 Å². The number of methoxy groups -OCH3 is 1. The smallest absolute Gasteiger partial charge is 0.272 e. The first-order valence-electron chi connectivity index (χ1n) is 8.36. The monoisotopic (exact) mass is 379 g/mol. The van der Waals surface area contributed by atoms with Crippen molar-refractivity contribution in [1.82, 2.24) is 15.2 Å². The predicted octanol–water partition coefficient (Wildman–Crippen LogP) is 2.77. The van der Waals surface area contributed by atoms with Gasteiger partial charge in [-0.05, 0) is 37.9 Å². The van der Waals surface area contributed by atoms with Crippen LogP contribution in [0.25, 0.3) is 0 Å². The Kier molecular flexibility index (Phi) is 7.48. The molecule has 0 fully saturated rings. The zero-order valence-electron chi connectivity index (χ0n) is 15.5. The second-order valence-corrected chi connectivity index (χ2v) is 6.04. The molecular formula is C19H23F2N3O3. The summed E-state index contributed by atoms with van der Waals surface area (Å²) in [5.41, 5.74) is 1.12. The van der Waals surface area contributed by atoms with Crippen LogP contribution in [-0.2, 0) is 0 Å². The number of amides is 1. The van der Waals surface area contributed by atoms with Gasteiger partial charge in [0.2, 0.25) is 0 Å². The molecule has 0 spiro atoms. The van der Waals surface area contributed by atoms with E-state index in [0.717, 1.165) is 11.3 Å². The van der Waals surface area contributed by atoms with E-state index in [1.807, 2.05) is 43.3 Å². The van der Waals surface area contributed by atoms with Gasteiger partial charge in [-0.15, -0.1) is 0 Å². The third-order valence-electron chi connectivity index (χ3n) is 3.92. The van der Waals surface area contributed by atoms with Gasteiger partial charge in [0.05, 0.1) is 13.2 Å². The highest BCUT2D eigenvalue weighted by Crippen LogP contribution is 2.21. The fourth-order valence-electron chi connectivity index (χ4n) is 2.49. The summed E-state index contributed by atoms with van der Waals surface area (Å²) in [6, 6.07) is 10.3. The predicted molar refractivity (Wildman–Crippen MR) is 97.5 cm³/mol. The average Bonchev–Trinajstić information content (AvgIpc) is 2.66. The summed E-state index contributed by atoms with van der Waals surface area (Å²) in [6.45, 7) is -0.382. The molecular weight excluding hydrogens is 356 g/mol. The summed E-state index contributed by atoms with van der Waals surface area (Å²) in [5.74, 6) is 0.526. The normalized spacial score (nSPS) is 12.1. The number of nitrogens with zero attached hydrogens (tertiary/aromatic N) is 2. The SMILES string of the molecule is COc1ccc(C(CNC(=O)c2cc(OCC(F)F)ccn2)N(C)C)cc1. The Balaban J connectivity index is 2.02. The first-order valence-corrected chi connectivity index (χ1v) is 8.36. The van der Waals surface area contributed by atoms with E-state index in [0.29, 0.717) is 6.54 Å². The standard InChI is InChI=1S/C19H23F2N3O3/c1-24(2)17(13-4-6-14(26-3)7-5-13)11-23-19(25)16-10-15(8-9-22-16)27-12-18(20)21/h4-10,17-18H,11-12H2,1-3H3,(H,23,25). The topological polar surface area (TPSA) is 63.7 Å². The van der Waals surface area contributed by atoms with Crippen LogP contribution in [0.2, 0.25) is 0 Å². The van der Waals surface area contributed by atoms with Gasteiger partial charge in [0.1, 0.15) is 23.8 Å². The van der Waals surface area contributed by atoms with Gasteiger partial charge in [0.15, 0.2) is 0 Å². The first-order chi connectivity index (χ1) is 12.9. The van der Waals surface area contributed by atoms with Gasteiger partial charge in [-0.3, -0.25) is 9.78 Å². The van der Waals surface area contributed by atoms with E-state index >= 15 is 0 Å². The third-order valence-corrected chi connectivity index (χ3v) is 3.92. The number of carbonyl (C=O) groups is 1. The molecule has 146 valence electrons. The van der Waals surface area contributed by atoms with Gasteiger partial charge >= 0.3 is 0 Å². The minimum atomic E-state index is -2.58. The van der Waals surface area contributed by atoms with Crippen molar-refractivity contribution >= 4 is 5.91 Å². The Morgan fingerprint density at radius 2 is 1.89 bits per heavy atom. The number of likely N-dealkylation sites (N-methyl/N-ethyl adjacent to an activating group) is 1. The maximum atomic E-state index is 12.4. The summed E-state index contributed by atoms with van der Waals surface area (Å²) in [4.78, 5) is 18.3. The van der Waals surface area contributed by atoms with E-state index in [9.17, 15) is 13.6 Å². The van der Waals surface area contributed by atoms with Crippen molar-refractivity contribution in [2.75, 3.05) is 34.4 Å². The van der Waals surface area contributed by atoms with Crippen LogP contribution in [0, 0.1) is 0 Å². The summed E-state index contributed by atoms with van der Waals surface area (Å²) in [7, 11) is 5.43. The van der Waals surface area contributed by atoms with E-state index in [4.69, 9.17) is 9.47 Å². The van der Waals surface area contributed by atoms with E-state index < -0.39 is 18.9 Å². The van der Waals surface area contributed by atoms with Gasteiger partial charge in [0, 0.05) is 18.8 Å². The molecule has 1 N–H and O–H groups in total. The largest absolute Gasteiger partial charge is 0.497 e. The maximum Gasteiger partial charge on any atom is 0.272 e. The number of benzene rings is 1. The van der Waals surface area contributed by atoms with Crippen LogP contribution in [0.4, 0.5) is 8.78 Å². The molecule has 6 nitrogen and oxygen atoms in total. The highest BCUT2D eigenvalue weighted by atomic mass is 19.3. The summed E-state index contributed by atoms with van der Waals surface area (Å²) >= 11 is 0. The molecule has 1 aromatic carbocycles. The second-order valence-electron chi connectivity index (χ2n) is 6.04. The molecule has 27 heavy (non-hydrogen) atoms. The molecule has 1 unspecified atom stereocenters. The molecule has 0 aliphatic carbocycles. The number of pyridine rings is 1. The Bertz CT molecular complexity index is 739. The fourth-order valence-corrected chi connectivity index (χ4v) is 2.49. The highest BCUT2D eigenvalue weighted by molar-refractivity contribution is 5.92. The molecule has 1 atom stereocenters. The number of halogens is 2. The van der Waals surface area contributed by atoms with Crippen LogP contribution in [0.15, 0.2) is 42.6 Å². The van der Waals surface area contributed by atoms with E-state index in [1.54, 1.807) is 7.11 Å². The molecule has 8 heteroatoms. The van der Waals surface area contributed by atoms with Crippen molar-refractivity contribution in [3.63, 3.8) is 0 Å². The molecule has 2 aromatic rings. The summed E-state index contributed by atoms with van der Waals surface area (Å²) in [5, 5.41) is 2.82. The lowest BCUT2D eigenvalue weighted by molar-refractivity contribution is 0.0817. The van der Waals surface area contributed by atoms with Crippen LogP contribution in [-0.4, -0.2) is 56.6 Å².